The zero-order chi connectivity index (χ0) is 15.7. The lowest BCUT2D eigenvalue weighted by atomic mass is 10.1. The zero-order valence-electron chi connectivity index (χ0n) is 12.4. The predicted octanol–water partition coefficient (Wildman–Crippen LogP) is 1.25. The molecule has 8 heteroatoms. The first kappa shape index (κ1) is 15.4. The van der Waals surface area contributed by atoms with Gasteiger partial charge in [0.15, 0.2) is 6.39 Å². The second-order valence-electron chi connectivity index (χ2n) is 5.78. The maximum absolute atomic E-state index is 13.7. The van der Waals surface area contributed by atoms with Crippen LogP contribution in [0.25, 0.3) is 0 Å². The van der Waals surface area contributed by atoms with Crippen molar-refractivity contribution < 1.29 is 22.7 Å². The highest BCUT2D eigenvalue weighted by atomic mass is 19.3. The topological polar surface area (TPSA) is 58.8 Å². The Kier molecular flexibility index (Phi) is 4.14. The van der Waals surface area contributed by atoms with E-state index in [9.17, 15) is 13.6 Å². The molecule has 1 aromatic rings. The number of aromatic nitrogens is 1. The van der Waals surface area contributed by atoms with Crippen LogP contribution in [0.5, 0.6) is 0 Å². The number of hydrogen-bond acceptors (Lipinski definition) is 5. The Bertz CT molecular complexity index is 517. The smallest absolute Gasteiger partial charge is 0.291 e. The fraction of sp³-hybridized carbons (Fsp3) is 0.714. The molecule has 122 valence electrons. The van der Waals surface area contributed by atoms with Crippen LogP contribution in [-0.2, 0) is 4.74 Å². The molecule has 2 saturated heterocycles. The molecular formula is C14H19F2N3O3. The molecule has 0 spiro atoms. The molecule has 0 saturated carbocycles. The minimum absolute atomic E-state index is 0.0503. The standard InChI is InChI=1S/C14H19F2N3O3/c1-2-21-7-10-3-14(15,16)8-19(10)11-5-18(6-11)13(20)12-4-17-9-22-12/h4,9-11H,2-3,5-8H2,1H3. The summed E-state index contributed by atoms with van der Waals surface area (Å²) in [5, 5.41) is 0. The summed E-state index contributed by atoms with van der Waals surface area (Å²) in [7, 11) is 0. The van der Waals surface area contributed by atoms with Gasteiger partial charge in [-0.1, -0.05) is 0 Å². The first-order valence-corrected chi connectivity index (χ1v) is 7.39. The molecule has 2 aliphatic heterocycles. The molecule has 2 fully saturated rings. The Morgan fingerprint density at radius 1 is 1.55 bits per heavy atom. The molecule has 0 bridgehead atoms. The van der Waals surface area contributed by atoms with Gasteiger partial charge < -0.3 is 14.1 Å². The molecule has 22 heavy (non-hydrogen) atoms. The van der Waals surface area contributed by atoms with Crippen molar-refractivity contribution in [2.45, 2.75) is 31.4 Å². The van der Waals surface area contributed by atoms with Crippen LogP contribution >= 0.6 is 0 Å². The molecule has 0 aromatic carbocycles. The molecule has 2 aliphatic rings. The lowest BCUT2D eigenvalue weighted by molar-refractivity contribution is -0.0156. The van der Waals surface area contributed by atoms with Crippen molar-refractivity contribution in [3.63, 3.8) is 0 Å². The maximum atomic E-state index is 13.7. The zero-order valence-corrected chi connectivity index (χ0v) is 12.4. The summed E-state index contributed by atoms with van der Waals surface area (Å²) in [6.45, 7) is 3.25. The minimum Gasteiger partial charge on any atom is -0.438 e. The van der Waals surface area contributed by atoms with Gasteiger partial charge in [0.05, 0.1) is 19.3 Å². The first-order valence-electron chi connectivity index (χ1n) is 7.39. The molecule has 1 atom stereocenters. The maximum Gasteiger partial charge on any atom is 0.291 e. The Hall–Kier alpha value is -1.54. The number of rotatable bonds is 5. The Balaban J connectivity index is 1.57. The monoisotopic (exact) mass is 315 g/mol. The van der Waals surface area contributed by atoms with Crippen molar-refractivity contribution in [2.75, 3.05) is 32.8 Å². The van der Waals surface area contributed by atoms with Crippen LogP contribution in [0.15, 0.2) is 17.0 Å². The van der Waals surface area contributed by atoms with Gasteiger partial charge in [0.25, 0.3) is 11.8 Å². The highest BCUT2D eigenvalue weighted by Gasteiger charge is 2.50. The second-order valence-corrected chi connectivity index (χ2v) is 5.78. The Labute approximate surface area is 127 Å². The number of likely N-dealkylation sites (tertiary alicyclic amines) is 2. The number of oxazole rings is 1. The van der Waals surface area contributed by atoms with E-state index in [0.717, 1.165) is 0 Å². The van der Waals surface area contributed by atoms with Gasteiger partial charge in [-0.05, 0) is 6.92 Å². The van der Waals surface area contributed by atoms with Crippen LogP contribution < -0.4 is 0 Å². The van der Waals surface area contributed by atoms with Crippen molar-refractivity contribution in [1.29, 1.82) is 0 Å². The lowest BCUT2D eigenvalue weighted by Gasteiger charge is -2.45. The second kappa shape index (κ2) is 5.92. The van der Waals surface area contributed by atoms with Gasteiger partial charge in [0.2, 0.25) is 5.76 Å². The molecule has 6 nitrogen and oxygen atoms in total. The van der Waals surface area contributed by atoms with E-state index in [1.165, 1.54) is 12.6 Å². The quantitative estimate of drug-likeness (QED) is 0.818. The number of hydrogen-bond donors (Lipinski definition) is 0. The van der Waals surface area contributed by atoms with Crippen molar-refractivity contribution in [2.24, 2.45) is 0 Å². The first-order chi connectivity index (χ1) is 10.5. The number of alkyl halides is 2. The van der Waals surface area contributed by atoms with Crippen molar-refractivity contribution >= 4 is 5.91 Å². The van der Waals surface area contributed by atoms with Crippen LogP contribution in [0.3, 0.4) is 0 Å². The third-order valence-corrected chi connectivity index (χ3v) is 4.19. The van der Waals surface area contributed by atoms with Crippen molar-refractivity contribution in [3.05, 3.63) is 18.4 Å². The number of carbonyl (C=O) groups is 1. The molecule has 0 aliphatic carbocycles. The third kappa shape index (κ3) is 2.98. The SMILES string of the molecule is CCOCC1CC(F)(F)CN1C1CN(C(=O)c2cnco2)C1. The van der Waals surface area contributed by atoms with Crippen LogP contribution in [0.2, 0.25) is 0 Å². The van der Waals surface area contributed by atoms with Crippen LogP contribution in [0.1, 0.15) is 23.9 Å². The van der Waals surface area contributed by atoms with Crippen LogP contribution in [0.4, 0.5) is 8.78 Å². The number of halogens is 2. The summed E-state index contributed by atoms with van der Waals surface area (Å²) < 4.78 is 37.6. The Morgan fingerprint density at radius 3 is 2.95 bits per heavy atom. The van der Waals surface area contributed by atoms with Gasteiger partial charge in [0.1, 0.15) is 0 Å². The molecule has 3 heterocycles. The molecular weight excluding hydrogens is 296 g/mol. The van der Waals surface area contributed by atoms with Gasteiger partial charge >= 0.3 is 0 Å². The van der Waals surface area contributed by atoms with Gasteiger partial charge in [-0.3, -0.25) is 9.69 Å². The average molecular weight is 315 g/mol. The number of ether oxygens (including phenoxy) is 1. The fourth-order valence-electron chi connectivity index (χ4n) is 3.07. The lowest BCUT2D eigenvalue weighted by Crippen LogP contribution is -2.62. The number of amides is 1. The van der Waals surface area contributed by atoms with Crippen LogP contribution in [0, 0.1) is 0 Å². The fourth-order valence-corrected chi connectivity index (χ4v) is 3.07. The van der Waals surface area contributed by atoms with E-state index < -0.39 is 5.92 Å². The largest absolute Gasteiger partial charge is 0.438 e. The molecule has 0 radical (unpaired) electrons. The normalized spacial score (nSPS) is 25.4. The van der Waals surface area contributed by atoms with E-state index in [0.29, 0.717) is 26.3 Å². The molecule has 0 N–H and O–H groups in total. The van der Waals surface area contributed by atoms with E-state index in [4.69, 9.17) is 9.15 Å². The number of carbonyl (C=O) groups excluding carboxylic acids is 1. The Morgan fingerprint density at radius 2 is 2.32 bits per heavy atom. The van der Waals surface area contributed by atoms with Gasteiger partial charge in [0, 0.05) is 38.2 Å². The molecule has 1 unspecified atom stereocenters. The average Bonchev–Trinajstić information content (AvgIpc) is 3.02. The summed E-state index contributed by atoms with van der Waals surface area (Å²) in [5.41, 5.74) is 0. The summed E-state index contributed by atoms with van der Waals surface area (Å²) in [5.74, 6) is -2.76. The van der Waals surface area contributed by atoms with Crippen LogP contribution in [-0.4, -0.2) is 71.5 Å². The van der Waals surface area contributed by atoms with Crippen molar-refractivity contribution in [3.8, 4) is 0 Å². The van der Waals surface area contributed by atoms with Gasteiger partial charge in [-0.2, -0.15) is 0 Å². The predicted molar refractivity (Wildman–Crippen MR) is 72.7 cm³/mol. The van der Waals surface area contributed by atoms with E-state index >= 15 is 0 Å². The summed E-state index contributed by atoms with van der Waals surface area (Å²) >= 11 is 0. The van der Waals surface area contributed by atoms with E-state index in [2.05, 4.69) is 4.98 Å². The summed E-state index contributed by atoms with van der Waals surface area (Å²) in [6.07, 6.45) is 2.38. The van der Waals surface area contributed by atoms with E-state index in [1.54, 1.807) is 9.80 Å². The third-order valence-electron chi connectivity index (χ3n) is 4.19. The molecule has 3 rings (SSSR count). The highest BCUT2D eigenvalue weighted by Crippen LogP contribution is 2.35. The molecule has 1 aromatic heterocycles. The minimum atomic E-state index is -2.68. The van der Waals surface area contributed by atoms with E-state index in [-0.39, 0.29) is 36.7 Å². The van der Waals surface area contributed by atoms with Gasteiger partial charge in [-0.25, -0.2) is 13.8 Å². The summed E-state index contributed by atoms with van der Waals surface area (Å²) in [6, 6.07) is -0.340. The van der Waals surface area contributed by atoms with Gasteiger partial charge in [-0.15, -0.1) is 0 Å². The van der Waals surface area contributed by atoms with E-state index in [1.807, 2.05) is 6.92 Å². The number of nitrogens with zero attached hydrogens (tertiary/aromatic N) is 3. The molecule has 1 amide bonds. The van der Waals surface area contributed by atoms with Crippen molar-refractivity contribution in [1.82, 2.24) is 14.8 Å². The highest BCUT2D eigenvalue weighted by molar-refractivity contribution is 5.91. The summed E-state index contributed by atoms with van der Waals surface area (Å²) in [4.78, 5) is 19.1.